The second-order valence-electron chi connectivity index (χ2n) is 10.6. The standard InChI is InChI=1S/C30H34N2O6S/c1-20-13-14-27(32-39(35,36)19-28(33)38-30(2,3)4)21(17-20)15-16-31-29(34)37-18-26-24-11-7-5-9-22(24)23-10-6-8-12-25(23)26/h5-14,17,26,32H,15-16,18-19H2,1-4H3,(H,31,34). The number of hydrogen-bond donors (Lipinski definition) is 2. The van der Waals surface area contributed by atoms with Crippen LogP contribution in [-0.4, -0.2) is 45.0 Å². The molecule has 2 N–H and O–H groups in total. The fourth-order valence-electron chi connectivity index (χ4n) is 4.71. The third kappa shape index (κ3) is 7.38. The number of nitrogens with one attached hydrogen (secondary N) is 2. The van der Waals surface area contributed by atoms with E-state index in [1.54, 1.807) is 32.9 Å². The number of carbonyl (C=O) groups excluding carboxylic acids is 2. The van der Waals surface area contributed by atoms with Gasteiger partial charge in [0, 0.05) is 12.5 Å². The van der Waals surface area contributed by atoms with Crippen molar-refractivity contribution < 1.29 is 27.5 Å². The summed E-state index contributed by atoms with van der Waals surface area (Å²) in [5.74, 6) is -1.67. The van der Waals surface area contributed by atoms with Gasteiger partial charge in [-0.05, 0) is 68.0 Å². The van der Waals surface area contributed by atoms with Crippen molar-refractivity contribution in [1.82, 2.24) is 5.32 Å². The summed E-state index contributed by atoms with van der Waals surface area (Å²) < 4.78 is 38.4. The number of carbonyl (C=O) groups is 2. The minimum atomic E-state index is -3.99. The average molecular weight is 551 g/mol. The Hall–Kier alpha value is -3.85. The first kappa shape index (κ1) is 28.2. The lowest BCUT2D eigenvalue weighted by molar-refractivity contribution is -0.151. The van der Waals surface area contributed by atoms with Crippen LogP contribution >= 0.6 is 0 Å². The lowest BCUT2D eigenvalue weighted by atomic mass is 9.98. The summed E-state index contributed by atoms with van der Waals surface area (Å²) in [6.07, 6.45) is -0.188. The average Bonchev–Trinajstić information content (AvgIpc) is 3.16. The van der Waals surface area contributed by atoms with Crippen LogP contribution in [0.1, 0.15) is 48.9 Å². The quantitative estimate of drug-likeness (QED) is 0.356. The molecule has 0 saturated carbocycles. The molecule has 39 heavy (non-hydrogen) atoms. The Morgan fingerprint density at radius 1 is 0.923 bits per heavy atom. The van der Waals surface area contributed by atoms with Crippen LogP contribution in [0.4, 0.5) is 10.5 Å². The molecule has 0 fully saturated rings. The van der Waals surface area contributed by atoms with Gasteiger partial charge >= 0.3 is 12.1 Å². The highest BCUT2D eigenvalue weighted by Gasteiger charge is 2.29. The SMILES string of the molecule is Cc1ccc(NS(=O)(=O)CC(=O)OC(C)(C)C)c(CCNC(=O)OCC2c3ccccc3-c3ccccc32)c1. The van der Waals surface area contributed by atoms with Gasteiger partial charge in [0.2, 0.25) is 10.0 Å². The number of benzene rings is 3. The molecule has 3 aromatic rings. The van der Waals surface area contributed by atoms with Crippen LogP contribution in [-0.2, 0) is 30.7 Å². The van der Waals surface area contributed by atoms with Crippen LogP contribution in [0.2, 0.25) is 0 Å². The molecule has 0 heterocycles. The minimum Gasteiger partial charge on any atom is -0.459 e. The first-order valence-electron chi connectivity index (χ1n) is 12.8. The highest BCUT2D eigenvalue weighted by atomic mass is 32.2. The largest absolute Gasteiger partial charge is 0.459 e. The molecule has 0 aliphatic heterocycles. The first-order valence-corrected chi connectivity index (χ1v) is 14.5. The van der Waals surface area contributed by atoms with Crippen molar-refractivity contribution in [2.45, 2.75) is 45.6 Å². The van der Waals surface area contributed by atoms with Crippen LogP contribution in [0, 0.1) is 6.92 Å². The number of fused-ring (bicyclic) bond motifs is 3. The molecule has 1 aliphatic rings. The molecule has 1 aliphatic carbocycles. The van der Waals surface area contributed by atoms with Crippen LogP contribution in [0.5, 0.6) is 0 Å². The summed E-state index contributed by atoms with van der Waals surface area (Å²) in [5.41, 5.74) is 5.75. The molecule has 0 unspecified atom stereocenters. The van der Waals surface area contributed by atoms with E-state index in [4.69, 9.17) is 9.47 Å². The van der Waals surface area contributed by atoms with Gasteiger partial charge in [-0.25, -0.2) is 13.2 Å². The Kier molecular flexibility index (Phi) is 8.30. The van der Waals surface area contributed by atoms with Crippen LogP contribution in [0.3, 0.4) is 0 Å². The number of sulfonamides is 1. The Morgan fingerprint density at radius 3 is 2.15 bits per heavy atom. The number of aryl methyl sites for hydroxylation is 1. The maximum Gasteiger partial charge on any atom is 0.407 e. The lowest BCUT2D eigenvalue weighted by Gasteiger charge is -2.20. The normalized spacial score (nSPS) is 12.8. The molecule has 3 aromatic carbocycles. The third-order valence-corrected chi connectivity index (χ3v) is 7.41. The molecular weight excluding hydrogens is 516 g/mol. The van der Waals surface area contributed by atoms with Crippen molar-refractivity contribution in [2.24, 2.45) is 0 Å². The summed E-state index contributed by atoms with van der Waals surface area (Å²) in [6, 6.07) is 21.5. The summed E-state index contributed by atoms with van der Waals surface area (Å²) >= 11 is 0. The van der Waals surface area contributed by atoms with Crippen LogP contribution in [0.25, 0.3) is 11.1 Å². The van der Waals surface area contributed by atoms with Gasteiger partial charge in [0.1, 0.15) is 12.2 Å². The molecule has 4 rings (SSSR count). The molecule has 0 saturated heterocycles. The molecule has 0 atom stereocenters. The summed E-state index contributed by atoms with van der Waals surface area (Å²) in [7, 11) is -3.99. The minimum absolute atomic E-state index is 0.0362. The second-order valence-corrected chi connectivity index (χ2v) is 12.3. The van der Waals surface area contributed by atoms with Gasteiger partial charge in [-0.3, -0.25) is 9.52 Å². The maximum atomic E-state index is 12.6. The van der Waals surface area contributed by atoms with E-state index in [-0.39, 0.29) is 19.1 Å². The van der Waals surface area contributed by atoms with Gasteiger partial charge in [-0.2, -0.15) is 0 Å². The smallest absolute Gasteiger partial charge is 0.407 e. The van der Waals surface area contributed by atoms with E-state index in [1.165, 1.54) is 0 Å². The van der Waals surface area contributed by atoms with Crippen molar-refractivity contribution in [3.05, 3.63) is 89.0 Å². The summed E-state index contributed by atoms with van der Waals surface area (Å²) in [6.45, 7) is 7.36. The van der Waals surface area contributed by atoms with E-state index >= 15 is 0 Å². The maximum absolute atomic E-state index is 12.6. The molecule has 0 aromatic heterocycles. The van der Waals surface area contributed by atoms with Crippen LogP contribution in [0.15, 0.2) is 66.7 Å². The fraction of sp³-hybridized carbons (Fsp3) is 0.333. The van der Waals surface area contributed by atoms with E-state index in [0.717, 1.165) is 27.8 Å². The number of amides is 1. The van der Waals surface area contributed by atoms with Crippen LogP contribution < -0.4 is 10.0 Å². The van der Waals surface area contributed by atoms with Crippen molar-refractivity contribution in [3.63, 3.8) is 0 Å². The van der Waals surface area contributed by atoms with Crippen molar-refractivity contribution in [2.75, 3.05) is 23.6 Å². The Morgan fingerprint density at radius 2 is 1.54 bits per heavy atom. The Labute approximate surface area is 229 Å². The van der Waals surface area contributed by atoms with E-state index < -0.39 is 33.4 Å². The highest BCUT2D eigenvalue weighted by Crippen LogP contribution is 2.44. The fourth-order valence-corrected chi connectivity index (χ4v) is 5.68. The topological polar surface area (TPSA) is 111 Å². The predicted molar refractivity (Wildman–Crippen MR) is 151 cm³/mol. The monoisotopic (exact) mass is 550 g/mol. The number of hydrogen-bond acceptors (Lipinski definition) is 6. The third-order valence-electron chi connectivity index (χ3n) is 6.26. The molecular formula is C30H34N2O6S. The Balaban J connectivity index is 1.33. The number of esters is 1. The highest BCUT2D eigenvalue weighted by molar-refractivity contribution is 7.93. The molecule has 0 spiro atoms. The van der Waals surface area contributed by atoms with E-state index in [2.05, 4.69) is 34.3 Å². The number of rotatable bonds is 9. The zero-order chi connectivity index (χ0) is 28.2. The van der Waals surface area contributed by atoms with Gasteiger partial charge in [0.05, 0.1) is 5.69 Å². The van der Waals surface area contributed by atoms with Gasteiger partial charge in [-0.1, -0.05) is 66.2 Å². The molecule has 0 radical (unpaired) electrons. The molecule has 9 heteroatoms. The lowest BCUT2D eigenvalue weighted by Crippen LogP contribution is -2.31. The zero-order valence-electron chi connectivity index (χ0n) is 22.6. The van der Waals surface area contributed by atoms with Gasteiger partial charge in [-0.15, -0.1) is 0 Å². The van der Waals surface area contributed by atoms with Gasteiger partial charge in [0.25, 0.3) is 0 Å². The molecule has 0 bridgehead atoms. The number of ether oxygens (including phenoxy) is 2. The van der Waals surface area contributed by atoms with E-state index in [9.17, 15) is 18.0 Å². The first-order chi connectivity index (χ1) is 18.4. The van der Waals surface area contributed by atoms with Gasteiger partial charge < -0.3 is 14.8 Å². The van der Waals surface area contributed by atoms with E-state index in [1.807, 2.05) is 37.3 Å². The van der Waals surface area contributed by atoms with Gasteiger partial charge in [0.15, 0.2) is 5.75 Å². The Bertz CT molecular complexity index is 1430. The zero-order valence-corrected chi connectivity index (χ0v) is 23.4. The van der Waals surface area contributed by atoms with E-state index in [0.29, 0.717) is 17.7 Å². The van der Waals surface area contributed by atoms with Crippen molar-refractivity contribution >= 4 is 27.8 Å². The molecule has 1 amide bonds. The number of anilines is 1. The molecule has 206 valence electrons. The van der Waals surface area contributed by atoms with Crippen molar-refractivity contribution in [1.29, 1.82) is 0 Å². The molecule has 8 nitrogen and oxygen atoms in total. The predicted octanol–water partition coefficient (Wildman–Crippen LogP) is 5.16. The summed E-state index contributed by atoms with van der Waals surface area (Å²) in [5, 5.41) is 2.76. The summed E-state index contributed by atoms with van der Waals surface area (Å²) in [4.78, 5) is 24.6. The van der Waals surface area contributed by atoms with Crippen molar-refractivity contribution in [3.8, 4) is 11.1 Å². The second kappa shape index (κ2) is 11.5. The number of alkyl carbamates (subject to hydrolysis) is 1.